The zero-order chi connectivity index (χ0) is 11.8. The average Bonchev–Trinajstić information content (AvgIpc) is 2.34. The lowest BCUT2D eigenvalue weighted by Gasteiger charge is -2.14. The zero-order valence-electron chi connectivity index (χ0n) is 10.2. The maximum Gasteiger partial charge on any atom is 0.0208 e. The third kappa shape index (κ3) is 4.86. The summed E-state index contributed by atoms with van der Waals surface area (Å²) in [5, 5.41) is 3.50. The molecule has 0 aromatic heterocycles. The molecule has 1 nitrogen and oxygen atoms in total. The van der Waals surface area contributed by atoms with Crippen LogP contribution in [0.3, 0.4) is 0 Å². The summed E-state index contributed by atoms with van der Waals surface area (Å²) < 4.78 is 0. The van der Waals surface area contributed by atoms with Gasteiger partial charge < -0.3 is 5.32 Å². The van der Waals surface area contributed by atoms with Gasteiger partial charge in [-0.3, -0.25) is 0 Å². The Morgan fingerprint density at radius 3 is 2.69 bits per heavy atom. The van der Waals surface area contributed by atoms with Crippen LogP contribution in [0.1, 0.15) is 18.9 Å². The van der Waals surface area contributed by atoms with E-state index in [2.05, 4.69) is 49.3 Å². The molecular formula is C14H21NS. The fourth-order valence-corrected chi connectivity index (χ4v) is 2.06. The number of hydrogen-bond acceptors (Lipinski definition) is 2. The Bertz CT molecular complexity index is 308. The summed E-state index contributed by atoms with van der Waals surface area (Å²) in [5.41, 5.74) is 2.39. The van der Waals surface area contributed by atoms with Crippen LogP contribution in [0.25, 0.3) is 5.57 Å². The minimum absolute atomic E-state index is 0.563. The summed E-state index contributed by atoms with van der Waals surface area (Å²) in [5.74, 6) is 1.21. The summed E-state index contributed by atoms with van der Waals surface area (Å²) in [4.78, 5) is 0. The second-order valence-corrected chi connectivity index (χ2v) is 5.02. The zero-order valence-corrected chi connectivity index (χ0v) is 11.0. The van der Waals surface area contributed by atoms with E-state index < -0.39 is 0 Å². The van der Waals surface area contributed by atoms with Gasteiger partial charge in [0, 0.05) is 12.6 Å². The van der Waals surface area contributed by atoms with Gasteiger partial charge in [0.05, 0.1) is 0 Å². The lowest BCUT2D eigenvalue weighted by atomic mass is 10.1. The summed E-state index contributed by atoms with van der Waals surface area (Å²) in [7, 11) is 0. The molecule has 0 aliphatic heterocycles. The molecular weight excluding hydrogens is 214 g/mol. The molecule has 0 aliphatic rings. The molecule has 2 heteroatoms. The first-order valence-corrected chi connectivity index (χ1v) is 7.09. The third-order valence-corrected chi connectivity index (χ3v) is 3.24. The number of hydrogen-bond donors (Lipinski definition) is 1. The molecule has 1 atom stereocenters. The van der Waals surface area contributed by atoms with Gasteiger partial charge >= 0.3 is 0 Å². The Morgan fingerprint density at radius 1 is 1.38 bits per heavy atom. The maximum atomic E-state index is 4.11. The van der Waals surface area contributed by atoms with Crippen molar-refractivity contribution in [3.8, 4) is 0 Å². The molecule has 1 aromatic carbocycles. The Kier molecular flexibility index (Phi) is 6.27. The normalized spacial score (nSPS) is 12.4. The molecule has 0 bridgehead atoms. The van der Waals surface area contributed by atoms with Crippen LogP contribution in [0.4, 0.5) is 0 Å². The van der Waals surface area contributed by atoms with Crippen LogP contribution in [-0.4, -0.2) is 24.6 Å². The Balaban J connectivity index is 2.30. The quantitative estimate of drug-likeness (QED) is 0.777. The third-order valence-electron chi connectivity index (χ3n) is 2.60. The molecule has 1 aromatic rings. The number of thioether (sulfide) groups is 1. The van der Waals surface area contributed by atoms with Gasteiger partial charge in [0.25, 0.3) is 0 Å². The molecule has 1 N–H and O–H groups in total. The average molecular weight is 235 g/mol. The van der Waals surface area contributed by atoms with Crippen molar-refractivity contribution in [1.29, 1.82) is 0 Å². The molecule has 1 rings (SSSR count). The first-order valence-electron chi connectivity index (χ1n) is 5.69. The highest BCUT2D eigenvalue weighted by atomic mass is 32.2. The highest BCUT2D eigenvalue weighted by Crippen LogP contribution is 2.10. The van der Waals surface area contributed by atoms with E-state index in [4.69, 9.17) is 0 Å². The summed E-state index contributed by atoms with van der Waals surface area (Å²) in [6.07, 6.45) is 3.36. The molecule has 0 heterocycles. The SMILES string of the molecule is C=C(CNC(C)CCSC)c1ccccc1. The Labute approximate surface area is 103 Å². The molecule has 0 fully saturated rings. The molecule has 0 amide bonds. The van der Waals surface area contributed by atoms with E-state index in [1.807, 2.05) is 17.8 Å². The Morgan fingerprint density at radius 2 is 2.06 bits per heavy atom. The van der Waals surface area contributed by atoms with Gasteiger partial charge in [0.1, 0.15) is 0 Å². The number of rotatable bonds is 7. The molecule has 0 spiro atoms. The van der Waals surface area contributed by atoms with Crippen LogP contribution >= 0.6 is 11.8 Å². The van der Waals surface area contributed by atoms with Crippen molar-refractivity contribution >= 4 is 17.3 Å². The summed E-state index contributed by atoms with van der Waals surface area (Å²) in [6, 6.07) is 10.9. The molecule has 0 saturated heterocycles. The van der Waals surface area contributed by atoms with E-state index in [1.165, 1.54) is 17.7 Å². The van der Waals surface area contributed by atoms with Crippen LogP contribution in [0.15, 0.2) is 36.9 Å². The second-order valence-electron chi connectivity index (χ2n) is 4.03. The highest BCUT2D eigenvalue weighted by molar-refractivity contribution is 7.98. The highest BCUT2D eigenvalue weighted by Gasteiger charge is 2.02. The van der Waals surface area contributed by atoms with E-state index in [0.717, 1.165) is 12.1 Å². The summed E-state index contributed by atoms with van der Waals surface area (Å²) >= 11 is 1.90. The van der Waals surface area contributed by atoms with Crippen LogP contribution in [0.2, 0.25) is 0 Å². The minimum atomic E-state index is 0.563. The lowest BCUT2D eigenvalue weighted by Crippen LogP contribution is -2.27. The molecule has 16 heavy (non-hydrogen) atoms. The lowest BCUT2D eigenvalue weighted by molar-refractivity contribution is 0.575. The van der Waals surface area contributed by atoms with Gasteiger partial charge in [-0.15, -0.1) is 0 Å². The van der Waals surface area contributed by atoms with Crippen LogP contribution < -0.4 is 5.32 Å². The molecule has 88 valence electrons. The molecule has 0 radical (unpaired) electrons. The van der Waals surface area contributed by atoms with Crippen molar-refractivity contribution < 1.29 is 0 Å². The maximum absolute atomic E-state index is 4.11. The van der Waals surface area contributed by atoms with Gasteiger partial charge in [-0.05, 0) is 36.5 Å². The van der Waals surface area contributed by atoms with Crippen LogP contribution in [-0.2, 0) is 0 Å². The fraction of sp³-hybridized carbons (Fsp3) is 0.429. The van der Waals surface area contributed by atoms with E-state index in [-0.39, 0.29) is 0 Å². The minimum Gasteiger partial charge on any atom is -0.310 e. The van der Waals surface area contributed by atoms with Crippen molar-refractivity contribution in [1.82, 2.24) is 5.32 Å². The van der Waals surface area contributed by atoms with Gasteiger partial charge in [0.15, 0.2) is 0 Å². The van der Waals surface area contributed by atoms with Crippen molar-refractivity contribution in [3.05, 3.63) is 42.5 Å². The van der Waals surface area contributed by atoms with Gasteiger partial charge in [-0.25, -0.2) is 0 Å². The van der Waals surface area contributed by atoms with Gasteiger partial charge in [0.2, 0.25) is 0 Å². The summed E-state index contributed by atoms with van der Waals surface area (Å²) in [6.45, 7) is 7.21. The first-order chi connectivity index (χ1) is 7.74. The van der Waals surface area contributed by atoms with Gasteiger partial charge in [-0.2, -0.15) is 11.8 Å². The van der Waals surface area contributed by atoms with E-state index >= 15 is 0 Å². The molecule has 0 saturated carbocycles. The largest absolute Gasteiger partial charge is 0.310 e. The molecule has 0 aliphatic carbocycles. The molecule has 1 unspecified atom stereocenters. The smallest absolute Gasteiger partial charge is 0.0208 e. The van der Waals surface area contributed by atoms with Gasteiger partial charge in [-0.1, -0.05) is 36.9 Å². The van der Waals surface area contributed by atoms with E-state index in [0.29, 0.717) is 6.04 Å². The van der Waals surface area contributed by atoms with Crippen molar-refractivity contribution in [2.24, 2.45) is 0 Å². The number of nitrogens with one attached hydrogen (secondary N) is 1. The Hall–Kier alpha value is -0.730. The second kappa shape index (κ2) is 7.53. The number of benzene rings is 1. The monoisotopic (exact) mass is 235 g/mol. The van der Waals surface area contributed by atoms with Crippen molar-refractivity contribution in [2.45, 2.75) is 19.4 Å². The van der Waals surface area contributed by atoms with E-state index in [1.54, 1.807) is 0 Å². The predicted octanol–water partition coefficient (Wildman–Crippen LogP) is 3.43. The first kappa shape index (κ1) is 13.3. The van der Waals surface area contributed by atoms with Crippen molar-refractivity contribution in [2.75, 3.05) is 18.6 Å². The van der Waals surface area contributed by atoms with Crippen LogP contribution in [0, 0.1) is 0 Å². The fourth-order valence-electron chi connectivity index (χ4n) is 1.47. The van der Waals surface area contributed by atoms with Crippen LogP contribution in [0.5, 0.6) is 0 Å². The van der Waals surface area contributed by atoms with E-state index in [9.17, 15) is 0 Å². The predicted molar refractivity (Wildman–Crippen MR) is 75.9 cm³/mol. The van der Waals surface area contributed by atoms with Crippen molar-refractivity contribution in [3.63, 3.8) is 0 Å². The standard InChI is InChI=1S/C14H21NS/c1-12(14-7-5-4-6-8-14)11-15-13(2)9-10-16-3/h4-8,13,15H,1,9-11H2,2-3H3. The topological polar surface area (TPSA) is 12.0 Å².